The first-order valence-corrected chi connectivity index (χ1v) is 7.80. The van der Waals surface area contributed by atoms with Gasteiger partial charge in [0, 0.05) is 27.9 Å². The van der Waals surface area contributed by atoms with Crippen LogP contribution in [0.25, 0.3) is 11.4 Å². The van der Waals surface area contributed by atoms with Crippen molar-refractivity contribution in [1.82, 2.24) is 14.9 Å². The molecule has 0 fully saturated rings. The van der Waals surface area contributed by atoms with Gasteiger partial charge in [-0.15, -0.1) is 0 Å². The Bertz CT molecular complexity index is 797. The van der Waals surface area contributed by atoms with Gasteiger partial charge in [0.05, 0.1) is 0 Å². The maximum absolute atomic E-state index is 12.6. The number of benzene rings is 1. The lowest BCUT2D eigenvalue weighted by atomic mass is 10.1. The maximum Gasteiger partial charge on any atom is 0.257 e. The molecule has 1 N–H and O–H groups in total. The van der Waals surface area contributed by atoms with Crippen LogP contribution in [0.1, 0.15) is 25.1 Å². The molecule has 23 heavy (non-hydrogen) atoms. The van der Waals surface area contributed by atoms with E-state index in [1.807, 2.05) is 19.9 Å². The van der Waals surface area contributed by atoms with Crippen molar-refractivity contribution in [2.45, 2.75) is 40.3 Å². The number of amides is 1. The van der Waals surface area contributed by atoms with Crippen molar-refractivity contribution in [3.63, 3.8) is 0 Å². The summed E-state index contributed by atoms with van der Waals surface area (Å²) < 4.78 is 1.39. The summed E-state index contributed by atoms with van der Waals surface area (Å²) in [6.45, 7) is 7.16. The molecule has 0 aliphatic carbocycles. The lowest BCUT2D eigenvalue weighted by Crippen LogP contribution is -2.37. The number of halogens is 1. The van der Waals surface area contributed by atoms with Gasteiger partial charge >= 0.3 is 0 Å². The Balaban J connectivity index is 2.57. The zero-order valence-electron chi connectivity index (χ0n) is 13.7. The van der Waals surface area contributed by atoms with Crippen LogP contribution in [-0.4, -0.2) is 21.5 Å². The van der Waals surface area contributed by atoms with Crippen molar-refractivity contribution in [2.24, 2.45) is 0 Å². The molecule has 1 aromatic heterocycles. The first-order chi connectivity index (χ1) is 10.8. The lowest BCUT2D eigenvalue weighted by Gasteiger charge is -2.15. The van der Waals surface area contributed by atoms with Crippen molar-refractivity contribution >= 4 is 17.5 Å². The Morgan fingerprint density at radius 3 is 2.65 bits per heavy atom. The molecule has 0 aliphatic heterocycles. The van der Waals surface area contributed by atoms with E-state index in [1.165, 1.54) is 4.57 Å². The highest BCUT2D eigenvalue weighted by Gasteiger charge is 2.16. The number of aryl methyl sites for hydroxylation is 1. The Kier molecular flexibility index (Phi) is 5.21. The van der Waals surface area contributed by atoms with E-state index < -0.39 is 0 Å². The summed E-state index contributed by atoms with van der Waals surface area (Å²) in [6.07, 6.45) is 0. The predicted molar refractivity (Wildman–Crippen MR) is 91.7 cm³/mol. The third kappa shape index (κ3) is 3.99. The van der Waals surface area contributed by atoms with Crippen LogP contribution in [0.2, 0.25) is 5.02 Å². The van der Waals surface area contributed by atoms with Gasteiger partial charge < -0.3 is 5.32 Å². The van der Waals surface area contributed by atoms with E-state index in [0.29, 0.717) is 27.7 Å². The Morgan fingerprint density at radius 2 is 2.04 bits per heavy atom. The minimum atomic E-state index is -0.226. The van der Waals surface area contributed by atoms with Crippen LogP contribution in [0.15, 0.2) is 29.1 Å². The number of rotatable bonds is 4. The minimum absolute atomic E-state index is 0.00678. The van der Waals surface area contributed by atoms with Gasteiger partial charge in [-0.2, -0.15) is 0 Å². The van der Waals surface area contributed by atoms with Gasteiger partial charge in [0.25, 0.3) is 5.56 Å². The number of hydrogen-bond acceptors (Lipinski definition) is 3. The van der Waals surface area contributed by atoms with E-state index in [0.717, 1.165) is 0 Å². The molecule has 0 aliphatic rings. The molecule has 5 nitrogen and oxygen atoms in total. The molecule has 0 radical (unpaired) electrons. The molecular formula is C17H20ClN3O2. The van der Waals surface area contributed by atoms with Gasteiger partial charge in [-0.3, -0.25) is 14.2 Å². The number of hydrogen-bond donors (Lipinski definition) is 1. The maximum atomic E-state index is 12.6. The quantitative estimate of drug-likeness (QED) is 0.935. The topological polar surface area (TPSA) is 64.0 Å². The van der Waals surface area contributed by atoms with E-state index >= 15 is 0 Å². The van der Waals surface area contributed by atoms with Crippen LogP contribution in [0.3, 0.4) is 0 Å². The summed E-state index contributed by atoms with van der Waals surface area (Å²) in [7, 11) is 0. The summed E-state index contributed by atoms with van der Waals surface area (Å²) in [6, 6.07) is 7.10. The van der Waals surface area contributed by atoms with Crippen LogP contribution in [0, 0.1) is 13.8 Å². The predicted octanol–water partition coefficient (Wildman–Crippen LogP) is 2.71. The molecule has 2 rings (SSSR count). The number of carbonyl (C=O) groups excluding carboxylic acids is 1. The van der Waals surface area contributed by atoms with Crippen molar-refractivity contribution < 1.29 is 4.79 Å². The molecule has 0 unspecified atom stereocenters. The van der Waals surface area contributed by atoms with Crippen LogP contribution >= 0.6 is 11.6 Å². The van der Waals surface area contributed by atoms with Gasteiger partial charge in [0.15, 0.2) is 0 Å². The second-order valence-corrected chi connectivity index (χ2v) is 6.21. The third-order valence-corrected chi connectivity index (χ3v) is 3.71. The first kappa shape index (κ1) is 17.2. The molecule has 6 heteroatoms. The lowest BCUT2D eigenvalue weighted by molar-refractivity contribution is -0.122. The zero-order chi connectivity index (χ0) is 17.1. The van der Waals surface area contributed by atoms with E-state index in [9.17, 15) is 9.59 Å². The van der Waals surface area contributed by atoms with Gasteiger partial charge in [0.2, 0.25) is 5.91 Å². The molecule has 0 saturated heterocycles. The summed E-state index contributed by atoms with van der Waals surface area (Å²) in [4.78, 5) is 29.2. The molecule has 122 valence electrons. The van der Waals surface area contributed by atoms with Gasteiger partial charge in [-0.05, 0) is 39.8 Å². The molecule has 1 heterocycles. The Labute approximate surface area is 140 Å². The minimum Gasteiger partial charge on any atom is -0.352 e. The second-order valence-electron chi connectivity index (χ2n) is 5.77. The van der Waals surface area contributed by atoms with E-state index in [2.05, 4.69) is 10.3 Å². The second kappa shape index (κ2) is 6.96. The molecule has 0 bridgehead atoms. The normalized spacial score (nSPS) is 10.9. The van der Waals surface area contributed by atoms with E-state index in [4.69, 9.17) is 11.6 Å². The highest BCUT2D eigenvalue weighted by atomic mass is 35.5. The monoisotopic (exact) mass is 333 g/mol. The first-order valence-electron chi connectivity index (χ1n) is 7.43. The Hall–Kier alpha value is -2.14. The number of aromatic nitrogens is 2. The average molecular weight is 334 g/mol. The van der Waals surface area contributed by atoms with E-state index in [-0.39, 0.29) is 24.1 Å². The summed E-state index contributed by atoms with van der Waals surface area (Å²) in [5.41, 5.74) is 1.67. The molecule has 1 amide bonds. The average Bonchev–Trinajstić information content (AvgIpc) is 2.47. The Morgan fingerprint density at radius 1 is 1.35 bits per heavy atom. The summed E-state index contributed by atoms with van der Waals surface area (Å²) in [5.74, 6) is 0.218. The highest BCUT2D eigenvalue weighted by Crippen LogP contribution is 2.21. The number of carbonyl (C=O) groups is 1. The molecule has 0 spiro atoms. The molecular weight excluding hydrogens is 314 g/mol. The molecule has 0 saturated carbocycles. The zero-order valence-corrected chi connectivity index (χ0v) is 14.4. The van der Waals surface area contributed by atoms with Crippen LogP contribution < -0.4 is 10.9 Å². The van der Waals surface area contributed by atoms with Crippen molar-refractivity contribution in [3.05, 3.63) is 50.9 Å². The molecule has 2 aromatic rings. The van der Waals surface area contributed by atoms with Gasteiger partial charge in [-0.1, -0.05) is 23.7 Å². The summed E-state index contributed by atoms with van der Waals surface area (Å²) >= 11 is 6.04. The smallest absolute Gasteiger partial charge is 0.257 e. The number of nitrogens with one attached hydrogen (secondary N) is 1. The third-order valence-electron chi connectivity index (χ3n) is 3.47. The number of nitrogens with zero attached hydrogens (tertiary/aromatic N) is 2. The van der Waals surface area contributed by atoms with E-state index in [1.54, 1.807) is 32.0 Å². The van der Waals surface area contributed by atoms with Crippen molar-refractivity contribution in [2.75, 3.05) is 0 Å². The standard InChI is InChI=1S/C17H20ClN3O2/c1-10(2)19-15(22)9-21-16(13-6-5-7-14(18)8-13)20-12(4)11(3)17(21)23/h5-8,10H,9H2,1-4H3,(H,19,22). The highest BCUT2D eigenvalue weighted by molar-refractivity contribution is 6.30. The largest absolute Gasteiger partial charge is 0.352 e. The molecule has 0 atom stereocenters. The van der Waals surface area contributed by atoms with Crippen molar-refractivity contribution in [3.8, 4) is 11.4 Å². The fourth-order valence-electron chi connectivity index (χ4n) is 2.26. The SMILES string of the molecule is Cc1nc(-c2cccc(Cl)c2)n(CC(=O)NC(C)C)c(=O)c1C. The van der Waals surface area contributed by atoms with Crippen LogP contribution in [-0.2, 0) is 11.3 Å². The van der Waals surface area contributed by atoms with Gasteiger partial charge in [0.1, 0.15) is 12.4 Å². The molecule has 1 aromatic carbocycles. The fraction of sp³-hybridized carbons (Fsp3) is 0.353. The van der Waals surface area contributed by atoms with Crippen LogP contribution in [0.4, 0.5) is 0 Å². The summed E-state index contributed by atoms with van der Waals surface area (Å²) in [5, 5.41) is 3.34. The van der Waals surface area contributed by atoms with Crippen LogP contribution in [0.5, 0.6) is 0 Å². The van der Waals surface area contributed by atoms with Crippen molar-refractivity contribution in [1.29, 1.82) is 0 Å². The van der Waals surface area contributed by atoms with Gasteiger partial charge in [-0.25, -0.2) is 4.98 Å². The fourth-order valence-corrected chi connectivity index (χ4v) is 2.45.